The molecule has 0 bridgehead atoms. The Kier molecular flexibility index (Phi) is 6.87. The van der Waals surface area contributed by atoms with Gasteiger partial charge in [-0.05, 0) is 39.2 Å². The summed E-state index contributed by atoms with van der Waals surface area (Å²) in [5.74, 6) is 1.57. The fourth-order valence-electron chi connectivity index (χ4n) is 1.89. The number of nitriles is 1. The number of hydrogen-bond acceptors (Lipinski definition) is 3. The van der Waals surface area contributed by atoms with E-state index >= 15 is 0 Å². The largest absolute Gasteiger partial charge is 0.493 e. The van der Waals surface area contributed by atoms with Gasteiger partial charge in [0.1, 0.15) is 0 Å². The molecule has 0 amide bonds. The summed E-state index contributed by atoms with van der Waals surface area (Å²) < 4.78 is 11.2. The fraction of sp³-hybridized carbons (Fsp3) is 0.562. The van der Waals surface area contributed by atoms with E-state index in [-0.39, 0.29) is 5.41 Å². The molecule has 4 heteroatoms. The average Bonchev–Trinajstić information content (AvgIpc) is 2.46. The van der Waals surface area contributed by atoms with E-state index in [0.717, 1.165) is 41.7 Å². The van der Waals surface area contributed by atoms with Gasteiger partial charge in [0.2, 0.25) is 0 Å². The molecule has 0 radical (unpaired) electrons. The predicted molar refractivity (Wildman–Crippen MR) is 84.4 cm³/mol. The Morgan fingerprint density at radius 3 is 2.65 bits per heavy atom. The third kappa shape index (κ3) is 5.05. The van der Waals surface area contributed by atoms with Crippen LogP contribution >= 0.6 is 15.9 Å². The molecule has 0 unspecified atom stereocenters. The Bertz CT molecular complexity index is 444. The van der Waals surface area contributed by atoms with Crippen LogP contribution in [0.5, 0.6) is 11.5 Å². The van der Waals surface area contributed by atoms with Crippen molar-refractivity contribution in [1.82, 2.24) is 0 Å². The fourth-order valence-corrected chi connectivity index (χ4v) is 2.33. The highest BCUT2D eigenvalue weighted by Gasteiger charge is 2.15. The van der Waals surface area contributed by atoms with Crippen molar-refractivity contribution in [3.63, 3.8) is 0 Å². The van der Waals surface area contributed by atoms with Crippen LogP contribution in [0.2, 0.25) is 0 Å². The Labute approximate surface area is 130 Å². The van der Waals surface area contributed by atoms with E-state index in [1.165, 1.54) is 0 Å². The van der Waals surface area contributed by atoms with E-state index in [1.807, 2.05) is 32.0 Å². The average molecular weight is 340 g/mol. The van der Waals surface area contributed by atoms with E-state index in [0.29, 0.717) is 6.61 Å². The summed E-state index contributed by atoms with van der Waals surface area (Å²) in [5.41, 5.74) is 0.840. The van der Waals surface area contributed by atoms with Crippen LogP contribution in [-0.2, 0) is 5.33 Å². The second-order valence-corrected chi connectivity index (χ2v) is 5.94. The molecule has 1 aromatic rings. The van der Waals surface area contributed by atoms with Gasteiger partial charge in [-0.25, -0.2) is 0 Å². The molecule has 110 valence electrons. The number of nitrogens with zero attached hydrogens (tertiary/aromatic N) is 1. The van der Waals surface area contributed by atoms with Gasteiger partial charge in [0.25, 0.3) is 0 Å². The van der Waals surface area contributed by atoms with Crippen LogP contribution in [0.15, 0.2) is 18.2 Å². The minimum atomic E-state index is -0.245. The Balaban J connectivity index is 2.48. The first kappa shape index (κ1) is 16.8. The van der Waals surface area contributed by atoms with Crippen molar-refractivity contribution in [2.24, 2.45) is 5.41 Å². The van der Waals surface area contributed by atoms with Crippen LogP contribution in [0.25, 0.3) is 0 Å². The molecule has 1 aromatic carbocycles. The predicted octanol–water partition coefficient (Wildman–Crippen LogP) is 4.69. The molecule has 0 saturated heterocycles. The topological polar surface area (TPSA) is 42.2 Å². The first-order valence-corrected chi connectivity index (χ1v) is 7.92. The van der Waals surface area contributed by atoms with Gasteiger partial charge in [0.15, 0.2) is 11.5 Å². The standard InChI is InChI=1S/C16H22BrNO2/c1-16(2,12-18)9-4-5-10-20-15-13(11-17)7-6-8-14(15)19-3/h6-8H,4-5,9-11H2,1-3H3. The number of benzene rings is 1. The lowest BCUT2D eigenvalue weighted by Crippen LogP contribution is -2.08. The molecule has 3 nitrogen and oxygen atoms in total. The lowest BCUT2D eigenvalue weighted by Gasteiger charge is -2.16. The van der Waals surface area contributed by atoms with Crippen molar-refractivity contribution in [3.05, 3.63) is 23.8 Å². The highest BCUT2D eigenvalue weighted by Crippen LogP contribution is 2.32. The number of ether oxygens (including phenoxy) is 2. The zero-order valence-corrected chi connectivity index (χ0v) is 14.0. The molecule has 0 atom stereocenters. The normalized spacial score (nSPS) is 10.9. The smallest absolute Gasteiger partial charge is 0.165 e. The summed E-state index contributed by atoms with van der Waals surface area (Å²) in [5, 5.41) is 9.70. The molecule has 0 aliphatic rings. The summed E-state index contributed by atoms with van der Waals surface area (Å²) >= 11 is 3.46. The molecule has 0 spiro atoms. The van der Waals surface area contributed by atoms with Gasteiger partial charge in [-0.3, -0.25) is 0 Å². The van der Waals surface area contributed by atoms with Crippen LogP contribution in [0.1, 0.15) is 38.7 Å². The maximum atomic E-state index is 8.96. The monoisotopic (exact) mass is 339 g/mol. The summed E-state index contributed by atoms with van der Waals surface area (Å²) in [6.07, 6.45) is 2.81. The van der Waals surface area contributed by atoms with Crippen molar-refractivity contribution in [1.29, 1.82) is 5.26 Å². The van der Waals surface area contributed by atoms with Gasteiger partial charge < -0.3 is 9.47 Å². The lowest BCUT2D eigenvalue weighted by molar-refractivity contribution is 0.276. The van der Waals surface area contributed by atoms with Crippen LogP contribution in [0.3, 0.4) is 0 Å². The molecule has 0 saturated carbocycles. The van der Waals surface area contributed by atoms with E-state index < -0.39 is 0 Å². The number of para-hydroxylation sites is 1. The number of hydrogen-bond donors (Lipinski definition) is 0. The summed E-state index contributed by atoms with van der Waals surface area (Å²) in [4.78, 5) is 0. The van der Waals surface area contributed by atoms with Crippen molar-refractivity contribution in [3.8, 4) is 17.6 Å². The number of rotatable bonds is 8. The van der Waals surface area contributed by atoms with Gasteiger partial charge in [-0.1, -0.05) is 28.1 Å². The first-order chi connectivity index (χ1) is 9.54. The van der Waals surface area contributed by atoms with E-state index in [4.69, 9.17) is 14.7 Å². The van der Waals surface area contributed by atoms with Gasteiger partial charge in [0.05, 0.1) is 25.2 Å². The molecule has 0 aliphatic heterocycles. The van der Waals surface area contributed by atoms with Crippen molar-refractivity contribution in [2.45, 2.75) is 38.4 Å². The van der Waals surface area contributed by atoms with Gasteiger partial charge >= 0.3 is 0 Å². The highest BCUT2D eigenvalue weighted by molar-refractivity contribution is 9.08. The Morgan fingerprint density at radius 2 is 2.05 bits per heavy atom. The molecular formula is C16H22BrNO2. The van der Waals surface area contributed by atoms with Crippen LogP contribution < -0.4 is 9.47 Å². The molecule has 1 rings (SSSR count). The van der Waals surface area contributed by atoms with Gasteiger partial charge in [-0.15, -0.1) is 0 Å². The molecule has 0 fully saturated rings. The second kappa shape index (κ2) is 8.16. The minimum Gasteiger partial charge on any atom is -0.493 e. The van der Waals surface area contributed by atoms with Crippen molar-refractivity contribution < 1.29 is 9.47 Å². The molecule has 20 heavy (non-hydrogen) atoms. The maximum Gasteiger partial charge on any atom is 0.165 e. The first-order valence-electron chi connectivity index (χ1n) is 6.80. The maximum absolute atomic E-state index is 8.96. The molecule has 0 heterocycles. The third-order valence-corrected chi connectivity index (χ3v) is 3.77. The summed E-state index contributed by atoms with van der Waals surface area (Å²) in [6.45, 7) is 4.58. The van der Waals surface area contributed by atoms with E-state index in [1.54, 1.807) is 7.11 Å². The molecular weight excluding hydrogens is 318 g/mol. The zero-order valence-electron chi connectivity index (χ0n) is 12.4. The van der Waals surface area contributed by atoms with Crippen LogP contribution in [0.4, 0.5) is 0 Å². The summed E-state index contributed by atoms with van der Waals surface area (Å²) in [7, 11) is 1.65. The number of unbranched alkanes of at least 4 members (excludes halogenated alkanes) is 1. The lowest BCUT2D eigenvalue weighted by atomic mass is 9.89. The molecule has 0 aromatic heterocycles. The molecule has 0 aliphatic carbocycles. The quantitative estimate of drug-likeness (QED) is 0.509. The van der Waals surface area contributed by atoms with Gasteiger partial charge in [0, 0.05) is 10.9 Å². The minimum absolute atomic E-state index is 0.245. The van der Waals surface area contributed by atoms with Gasteiger partial charge in [-0.2, -0.15) is 5.26 Å². The number of methoxy groups -OCH3 is 1. The van der Waals surface area contributed by atoms with E-state index in [2.05, 4.69) is 22.0 Å². The second-order valence-electron chi connectivity index (χ2n) is 5.38. The Hall–Kier alpha value is -1.21. The highest BCUT2D eigenvalue weighted by atomic mass is 79.9. The van der Waals surface area contributed by atoms with Crippen molar-refractivity contribution in [2.75, 3.05) is 13.7 Å². The Morgan fingerprint density at radius 1 is 1.30 bits per heavy atom. The number of alkyl halides is 1. The SMILES string of the molecule is COc1cccc(CBr)c1OCCCCC(C)(C)C#N. The van der Waals surface area contributed by atoms with Crippen LogP contribution in [0, 0.1) is 16.7 Å². The van der Waals surface area contributed by atoms with E-state index in [9.17, 15) is 0 Å². The summed E-state index contributed by atoms with van der Waals surface area (Å²) in [6, 6.07) is 8.20. The van der Waals surface area contributed by atoms with Crippen LogP contribution in [-0.4, -0.2) is 13.7 Å². The zero-order chi connectivity index (χ0) is 15.0. The van der Waals surface area contributed by atoms with Crippen molar-refractivity contribution >= 4 is 15.9 Å². The third-order valence-electron chi connectivity index (χ3n) is 3.17. The number of halogens is 1. The molecule has 0 N–H and O–H groups in total.